The molecule has 0 spiro atoms. The fourth-order valence-corrected chi connectivity index (χ4v) is 8.61. The molecule has 2 aliphatic heterocycles. The number of sulfone groups is 1. The van der Waals surface area contributed by atoms with Crippen molar-refractivity contribution < 1.29 is 13.2 Å². The van der Waals surface area contributed by atoms with Gasteiger partial charge in [0, 0.05) is 52.5 Å². The smallest absolute Gasteiger partial charge is 0.162 e. The quantitative estimate of drug-likeness (QED) is 0.173. The van der Waals surface area contributed by atoms with Crippen molar-refractivity contribution >= 4 is 56.0 Å². The summed E-state index contributed by atoms with van der Waals surface area (Å²) in [7, 11) is -2.95. The maximum atomic E-state index is 12.0. The summed E-state index contributed by atoms with van der Waals surface area (Å²) in [5.41, 5.74) is 6.35. The van der Waals surface area contributed by atoms with Gasteiger partial charge in [0.25, 0.3) is 0 Å². The molecule has 0 bridgehead atoms. The first-order valence-corrected chi connectivity index (χ1v) is 19.0. The van der Waals surface area contributed by atoms with Crippen molar-refractivity contribution in [1.29, 1.82) is 0 Å². The molecule has 0 amide bonds. The van der Waals surface area contributed by atoms with E-state index in [0.29, 0.717) is 46.9 Å². The van der Waals surface area contributed by atoms with Crippen molar-refractivity contribution in [3.8, 4) is 33.6 Å². The molecule has 6 heterocycles. The van der Waals surface area contributed by atoms with Crippen LogP contribution in [0.15, 0.2) is 73.1 Å². The summed E-state index contributed by atoms with van der Waals surface area (Å²) >= 11 is 13.2. The molecule has 2 fully saturated rings. The third kappa shape index (κ3) is 6.83. The SMILES string of the molecule is O=S1(=O)CCC(CNc2cc(-c3cc(Cl)cc(-c4cnc5ccc(NC6CCOCC6)nn45)c3)c3ncc(-c4cccc(Cl)c4)n3n2)CC1. The van der Waals surface area contributed by atoms with Crippen molar-refractivity contribution in [3.05, 3.63) is 83.1 Å². The third-order valence-electron chi connectivity index (χ3n) is 9.27. The van der Waals surface area contributed by atoms with Crippen LogP contribution in [0.1, 0.15) is 25.7 Å². The van der Waals surface area contributed by atoms with Crippen LogP contribution in [0, 0.1) is 5.92 Å². The van der Waals surface area contributed by atoms with E-state index in [9.17, 15) is 8.42 Å². The Morgan fingerprint density at radius 1 is 0.776 bits per heavy atom. The van der Waals surface area contributed by atoms with Crippen molar-refractivity contribution in [1.82, 2.24) is 29.2 Å². The summed E-state index contributed by atoms with van der Waals surface area (Å²) in [4.78, 5) is 9.45. The average Bonchev–Trinajstić information content (AvgIpc) is 3.72. The lowest BCUT2D eigenvalue weighted by Crippen LogP contribution is -2.28. The number of fused-ring (bicyclic) bond motifs is 2. The summed E-state index contributed by atoms with van der Waals surface area (Å²) in [6, 6.07) is 19.7. The van der Waals surface area contributed by atoms with E-state index in [1.54, 1.807) is 6.20 Å². The number of ether oxygens (including phenoxy) is 1. The molecule has 0 unspecified atom stereocenters. The molecule has 8 rings (SSSR count). The number of nitrogens with one attached hydrogen (secondary N) is 2. The zero-order valence-electron chi connectivity index (χ0n) is 26.5. The van der Waals surface area contributed by atoms with Crippen LogP contribution in [0.4, 0.5) is 11.6 Å². The molecule has 0 atom stereocenters. The van der Waals surface area contributed by atoms with E-state index >= 15 is 0 Å². The van der Waals surface area contributed by atoms with E-state index in [1.807, 2.05) is 69.8 Å². The number of hydrogen-bond acceptors (Lipinski definition) is 9. The lowest BCUT2D eigenvalue weighted by atomic mass is 10.0. The van der Waals surface area contributed by atoms with Crippen LogP contribution in [0.5, 0.6) is 0 Å². The second kappa shape index (κ2) is 13.2. The van der Waals surface area contributed by atoms with Gasteiger partial charge < -0.3 is 15.4 Å². The van der Waals surface area contributed by atoms with Crippen molar-refractivity contribution in [3.63, 3.8) is 0 Å². The number of halogens is 2. The fourth-order valence-electron chi connectivity index (χ4n) is 6.60. The van der Waals surface area contributed by atoms with Gasteiger partial charge in [-0.15, -0.1) is 10.2 Å². The largest absolute Gasteiger partial charge is 0.381 e. The van der Waals surface area contributed by atoms with Crippen LogP contribution in [-0.4, -0.2) is 74.9 Å². The molecule has 14 heteroatoms. The molecule has 0 saturated carbocycles. The van der Waals surface area contributed by atoms with Gasteiger partial charge in [0.2, 0.25) is 0 Å². The Balaban J connectivity index is 1.19. The topological polar surface area (TPSA) is 128 Å². The highest BCUT2D eigenvalue weighted by molar-refractivity contribution is 7.91. The van der Waals surface area contributed by atoms with E-state index < -0.39 is 9.84 Å². The second-order valence-corrected chi connectivity index (χ2v) is 15.9. The minimum Gasteiger partial charge on any atom is -0.381 e. The molecule has 4 aromatic heterocycles. The zero-order valence-corrected chi connectivity index (χ0v) is 28.8. The maximum absolute atomic E-state index is 12.0. The summed E-state index contributed by atoms with van der Waals surface area (Å²) in [5, 5.41) is 18.0. The maximum Gasteiger partial charge on any atom is 0.162 e. The van der Waals surface area contributed by atoms with Crippen molar-refractivity contribution in [2.24, 2.45) is 5.92 Å². The highest BCUT2D eigenvalue weighted by Crippen LogP contribution is 2.35. The molecular weight excluding hydrogens is 683 g/mol. The summed E-state index contributed by atoms with van der Waals surface area (Å²) in [6.45, 7) is 2.08. The zero-order chi connectivity index (χ0) is 33.5. The minimum absolute atomic E-state index is 0.216. The van der Waals surface area contributed by atoms with Gasteiger partial charge >= 0.3 is 0 Å². The van der Waals surface area contributed by atoms with Gasteiger partial charge in [-0.3, -0.25) is 0 Å². The number of nitrogens with zero attached hydrogens (tertiary/aromatic N) is 6. The highest BCUT2D eigenvalue weighted by atomic mass is 35.5. The predicted octanol–water partition coefficient (Wildman–Crippen LogP) is 6.91. The average molecular weight is 718 g/mol. The number of benzene rings is 2. The van der Waals surface area contributed by atoms with Crippen molar-refractivity contribution in [2.45, 2.75) is 31.7 Å². The first-order valence-electron chi connectivity index (χ1n) is 16.4. The van der Waals surface area contributed by atoms with Crippen LogP contribution in [0.25, 0.3) is 44.9 Å². The fraction of sp³-hybridized carbons (Fsp3) is 0.314. The van der Waals surface area contributed by atoms with Crippen LogP contribution < -0.4 is 10.6 Å². The van der Waals surface area contributed by atoms with Crippen LogP contribution in [-0.2, 0) is 14.6 Å². The molecule has 2 aliphatic rings. The van der Waals surface area contributed by atoms with Gasteiger partial charge in [0.15, 0.2) is 11.3 Å². The van der Waals surface area contributed by atoms with Crippen LogP contribution in [0.2, 0.25) is 10.0 Å². The molecule has 49 heavy (non-hydrogen) atoms. The number of hydrogen-bond donors (Lipinski definition) is 2. The minimum atomic E-state index is -2.95. The molecule has 0 radical (unpaired) electrons. The van der Waals surface area contributed by atoms with Gasteiger partial charge in [0.05, 0.1) is 35.3 Å². The standard InChI is InChI=1S/C35H34Cl2N8O3S/c36-26-3-1-2-23(15-26)30-21-40-35-29(18-33(43-45(30)35)38-19-22-8-12-49(46,47)13-9-22)24-14-25(17-27(37)16-24)31-20-39-34-5-4-32(42-44(31)34)41-28-6-10-48-11-7-28/h1-5,14-18,20-22,28H,6-13,19H2,(H,38,43)(H,41,42). The number of rotatable bonds is 8. The molecular formula is C35H34Cl2N8O3S. The second-order valence-electron chi connectivity index (χ2n) is 12.7. The highest BCUT2D eigenvalue weighted by Gasteiger charge is 2.24. The Morgan fingerprint density at radius 3 is 2.33 bits per heavy atom. The Morgan fingerprint density at radius 2 is 1.51 bits per heavy atom. The molecule has 6 aromatic rings. The summed E-state index contributed by atoms with van der Waals surface area (Å²) in [5.74, 6) is 2.07. The van der Waals surface area contributed by atoms with Gasteiger partial charge in [0.1, 0.15) is 21.5 Å². The van der Waals surface area contributed by atoms with E-state index in [1.165, 1.54) is 0 Å². The Kier molecular flexibility index (Phi) is 8.65. The Bertz CT molecular complexity index is 2270. The predicted molar refractivity (Wildman–Crippen MR) is 193 cm³/mol. The van der Waals surface area contributed by atoms with Crippen molar-refractivity contribution in [2.75, 3.05) is 41.9 Å². The van der Waals surface area contributed by atoms with Gasteiger partial charge in [-0.1, -0.05) is 35.3 Å². The number of imidazole rings is 2. The Hall–Kier alpha value is -4.23. The molecule has 2 N–H and O–H groups in total. The van der Waals surface area contributed by atoms with E-state index in [-0.39, 0.29) is 17.4 Å². The lowest BCUT2D eigenvalue weighted by molar-refractivity contribution is 0.0903. The summed E-state index contributed by atoms with van der Waals surface area (Å²) < 4.78 is 33.2. The normalized spacial score (nSPS) is 17.1. The number of anilines is 2. The first-order chi connectivity index (χ1) is 23.8. The molecule has 0 aliphatic carbocycles. The van der Waals surface area contributed by atoms with Crippen LogP contribution in [0.3, 0.4) is 0 Å². The van der Waals surface area contributed by atoms with Gasteiger partial charge in [-0.05, 0) is 85.7 Å². The Labute approximate surface area is 293 Å². The van der Waals surface area contributed by atoms with E-state index in [4.69, 9.17) is 43.1 Å². The molecule has 2 aromatic carbocycles. The molecule has 252 valence electrons. The number of aromatic nitrogens is 6. The van der Waals surface area contributed by atoms with Gasteiger partial charge in [-0.25, -0.2) is 27.4 Å². The van der Waals surface area contributed by atoms with E-state index in [0.717, 1.165) is 71.2 Å². The van der Waals surface area contributed by atoms with E-state index in [2.05, 4.69) is 21.7 Å². The first kappa shape index (κ1) is 32.0. The van der Waals surface area contributed by atoms with Gasteiger partial charge in [-0.2, -0.15) is 0 Å². The van der Waals surface area contributed by atoms with Crippen LogP contribution >= 0.6 is 23.2 Å². The summed E-state index contributed by atoms with van der Waals surface area (Å²) in [6.07, 6.45) is 6.71. The lowest BCUT2D eigenvalue weighted by Gasteiger charge is -2.23. The molecule has 11 nitrogen and oxygen atoms in total. The third-order valence-corrected chi connectivity index (χ3v) is 11.4. The molecule has 2 saturated heterocycles. The monoisotopic (exact) mass is 716 g/mol.